The van der Waals surface area contributed by atoms with Crippen LogP contribution in [0.15, 0.2) is 108 Å². The largest absolute Gasteiger partial charge is 0.455 e. The van der Waals surface area contributed by atoms with Crippen LogP contribution in [0, 0.1) is 0 Å². The smallest absolute Gasteiger partial charge is 0.153 e. The molecule has 2 heteroatoms. The third-order valence-electron chi connectivity index (χ3n) is 5.17. The van der Waals surface area contributed by atoms with E-state index < -0.39 is 0 Å². The van der Waals surface area contributed by atoms with Gasteiger partial charge in [-0.2, -0.15) is 0 Å². The summed E-state index contributed by atoms with van der Waals surface area (Å²) in [6.45, 7) is 3.82. The van der Waals surface area contributed by atoms with E-state index in [9.17, 15) is 0 Å². The molecular formula is C27H19NO. The van der Waals surface area contributed by atoms with Gasteiger partial charge in [0.05, 0.1) is 0 Å². The van der Waals surface area contributed by atoms with Gasteiger partial charge in [0.2, 0.25) is 0 Å². The topological polar surface area (TPSA) is 21.6 Å². The lowest BCUT2D eigenvalue weighted by molar-refractivity contribution is 0.484. The van der Waals surface area contributed by atoms with Crippen molar-refractivity contribution in [1.82, 2.24) is 0 Å². The maximum atomic E-state index is 6.11. The molecule has 0 aliphatic heterocycles. The van der Waals surface area contributed by atoms with Crippen LogP contribution in [0.25, 0.3) is 32.7 Å². The molecule has 0 bridgehead atoms. The molecule has 5 rings (SSSR count). The zero-order valence-electron chi connectivity index (χ0n) is 15.9. The molecule has 0 amide bonds. The normalized spacial score (nSPS) is 10.9. The molecule has 5 aromatic rings. The van der Waals surface area contributed by atoms with Gasteiger partial charge in [-0.25, -0.2) is 0 Å². The van der Waals surface area contributed by atoms with Crippen molar-refractivity contribution in [2.24, 2.45) is 4.99 Å². The van der Waals surface area contributed by atoms with Gasteiger partial charge in [0, 0.05) is 5.56 Å². The number of aliphatic imine (C=N–C) groups is 1. The second kappa shape index (κ2) is 7.25. The number of fused-ring (bicyclic) bond motifs is 2. The fraction of sp³-hybridized carbons (Fsp3) is 0. The first-order chi connectivity index (χ1) is 14.3. The van der Waals surface area contributed by atoms with Gasteiger partial charge >= 0.3 is 0 Å². The molecule has 0 heterocycles. The van der Waals surface area contributed by atoms with Crippen molar-refractivity contribution in [3.8, 4) is 22.6 Å². The Bertz CT molecular complexity index is 1340. The molecule has 0 fully saturated rings. The lowest BCUT2D eigenvalue weighted by Crippen LogP contribution is -1.88. The second-order valence-corrected chi connectivity index (χ2v) is 6.95. The van der Waals surface area contributed by atoms with E-state index in [1.54, 1.807) is 0 Å². The lowest BCUT2D eigenvalue weighted by Gasteiger charge is -2.14. The summed E-state index contributed by atoms with van der Waals surface area (Å²) >= 11 is 0. The third kappa shape index (κ3) is 3.15. The van der Waals surface area contributed by atoms with Gasteiger partial charge in [0.15, 0.2) is 5.75 Å². The van der Waals surface area contributed by atoms with E-state index in [1.807, 2.05) is 42.5 Å². The molecular weight excluding hydrogens is 354 g/mol. The minimum atomic E-state index is 0.696. The Morgan fingerprint density at radius 2 is 1.24 bits per heavy atom. The molecule has 0 N–H and O–H groups in total. The number of nitrogens with zero attached hydrogens (tertiary/aromatic N) is 1. The van der Waals surface area contributed by atoms with E-state index >= 15 is 0 Å². The van der Waals surface area contributed by atoms with Crippen LogP contribution < -0.4 is 4.74 Å². The standard InChI is InChI=1S/C27H19NO/c1-28-27-24(15-8-16-26(27)29-22-12-3-2-4-13-22)23-14-7-11-21-17-19-9-5-6-10-20(19)18-25(21)23/h2-18H,1H2. The van der Waals surface area contributed by atoms with Crippen LogP contribution in [-0.4, -0.2) is 6.72 Å². The quantitative estimate of drug-likeness (QED) is 0.233. The Morgan fingerprint density at radius 1 is 0.586 bits per heavy atom. The summed E-state index contributed by atoms with van der Waals surface area (Å²) < 4.78 is 6.11. The average molecular weight is 373 g/mol. The fourth-order valence-corrected chi connectivity index (χ4v) is 3.80. The Hall–Kier alpha value is -3.91. The number of para-hydroxylation sites is 2. The first-order valence-electron chi connectivity index (χ1n) is 9.58. The summed E-state index contributed by atoms with van der Waals surface area (Å²) in [4.78, 5) is 4.34. The fourth-order valence-electron chi connectivity index (χ4n) is 3.80. The molecule has 29 heavy (non-hydrogen) atoms. The molecule has 0 aliphatic carbocycles. The number of hydrogen-bond donors (Lipinski definition) is 0. The number of ether oxygens (including phenoxy) is 1. The van der Waals surface area contributed by atoms with Crippen molar-refractivity contribution >= 4 is 33.9 Å². The summed E-state index contributed by atoms with van der Waals surface area (Å²) in [6.07, 6.45) is 0. The molecule has 0 atom stereocenters. The summed E-state index contributed by atoms with van der Waals surface area (Å²) in [5.74, 6) is 1.47. The van der Waals surface area contributed by atoms with Gasteiger partial charge in [-0.3, -0.25) is 4.99 Å². The van der Waals surface area contributed by atoms with Crippen LogP contribution in [0.4, 0.5) is 5.69 Å². The molecule has 0 radical (unpaired) electrons. The Balaban J connectivity index is 1.71. The summed E-state index contributed by atoms with van der Waals surface area (Å²) in [7, 11) is 0. The first-order valence-corrected chi connectivity index (χ1v) is 9.58. The monoisotopic (exact) mass is 373 g/mol. The molecule has 2 nitrogen and oxygen atoms in total. The van der Waals surface area contributed by atoms with Gasteiger partial charge < -0.3 is 4.74 Å². The predicted molar refractivity (Wildman–Crippen MR) is 123 cm³/mol. The van der Waals surface area contributed by atoms with E-state index in [-0.39, 0.29) is 0 Å². The van der Waals surface area contributed by atoms with E-state index in [2.05, 4.69) is 72.4 Å². The molecule has 0 saturated carbocycles. The second-order valence-electron chi connectivity index (χ2n) is 6.95. The van der Waals surface area contributed by atoms with Gasteiger partial charge in [-0.05, 0) is 64.2 Å². The van der Waals surface area contributed by atoms with Crippen LogP contribution in [0.1, 0.15) is 0 Å². The van der Waals surface area contributed by atoms with Crippen LogP contribution >= 0.6 is 0 Å². The number of benzene rings is 5. The minimum absolute atomic E-state index is 0.696. The highest BCUT2D eigenvalue weighted by Gasteiger charge is 2.13. The maximum Gasteiger partial charge on any atom is 0.153 e. The van der Waals surface area contributed by atoms with E-state index in [0.717, 1.165) is 22.6 Å². The number of rotatable bonds is 4. The van der Waals surface area contributed by atoms with Crippen LogP contribution in [0.2, 0.25) is 0 Å². The zero-order valence-corrected chi connectivity index (χ0v) is 15.9. The molecule has 5 aromatic carbocycles. The summed E-state index contributed by atoms with van der Waals surface area (Å²) in [5, 5.41) is 4.84. The minimum Gasteiger partial charge on any atom is -0.455 e. The summed E-state index contributed by atoms with van der Waals surface area (Å²) in [5.41, 5.74) is 2.88. The van der Waals surface area contributed by atoms with Crippen molar-refractivity contribution in [2.45, 2.75) is 0 Å². The number of hydrogen-bond acceptors (Lipinski definition) is 2. The maximum absolute atomic E-state index is 6.11. The molecule has 0 saturated heterocycles. The third-order valence-corrected chi connectivity index (χ3v) is 5.17. The van der Waals surface area contributed by atoms with Crippen LogP contribution in [-0.2, 0) is 0 Å². The molecule has 0 spiro atoms. The first kappa shape index (κ1) is 17.2. The molecule has 138 valence electrons. The molecule has 0 aliphatic rings. The highest BCUT2D eigenvalue weighted by Crippen LogP contribution is 2.42. The van der Waals surface area contributed by atoms with Crippen molar-refractivity contribution in [2.75, 3.05) is 0 Å². The van der Waals surface area contributed by atoms with Crippen LogP contribution in [0.5, 0.6) is 11.5 Å². The van der Waals surface area contributed by atoms with Crippen molar-refractivity contribution in [1.29, 1.82) is 0 Å². The zero-order chi connectivity index (χ0) is 19.6. The van der Waals surface area contributed by atoms with E-state index in [0.29, 0.717) is 5.75 Å². The van der Waals surface area contributed by atoms with Crippen molar-refractivity contribution in [3.05, 3.63) is 103 Å². The van der Waals surface area contributed by atoms with Gasteiger partial charge in [0.25, 0.3) is 0 Å². The highest BCUT2D eigenvalue weighted by atomic mass is 16.5. The van der Waals surface area contributed by atoms with E-state index in [1.165, 1.54) is 21.5 Å². The van der Waals surface area contributed by atoms with Crippen LogP contribution in [0.3, 0.4) is 0 Å². The Kier molecular flexibility index (Phi) is 4.30. The van der Waals surface area contributed by atoms with E-state index in [4.69, 9.17) is 4.74 Å². The molecule has 0 unspecified atom stereocenters. The van der Waals surface area contributed by atoms with Gasteiger partial charge in [0.1, 0.15) is 11.4 Å². The summed E-state index contributed by atoms with van der Waals surface area (Å²) in [6, 6.07) is 35.0. The lowest BCUT2D eigenvalue weighted by atomic mass is 9.94. The van der Waals surface area contributed by atoms with Gasteiger partial charge in [-0.15, -0.1) is 0 Å². The van der Waals surface area contributed by atoms with Crippen molar-refractivity contribution in [3.63, 3.8) is 0 Å². The molecule has 0 aromatic heterocycles. The Morgan fingerprint density at radius 3 is 2.03 bits per heavy atom. The highest BCUT2D eigenvalue weighted by molar-refractivity contribution is 6.06. The Labute approximate surface area is 169 Å². The average Bonchev–Trinajstić information content (AvgIpc) is 2.78. The predicted octanol–water partition coefficient (Wildman–Crippen LogP) is 7.78. The van der Waals surface area contributed by atoms with Gasteiger partial charge in [-0.1, -0.05) is 72.8 Å². The SMILES string of the molecule is C=Nc1c(Oc2ccccc2)cccc1-c1cccc2cc3ccccc3cc12. The van der Waals surface area contributed by atoms with Crippen molar-refractivity contribution < 1.29 is 4.74 Å².